The Kier molecular flexibility index (Phi) is 3.30. The average Bonchev–Trinajstić information content (AvgIpc) is 2.17. The van der Waals surface area contributed by atoms with Crippen LogP contribution in [0.15, 0.2) is 18.3 Å². The summed E-state index contributed by atoms with van der Waals surface area (Å²) in [6.07, 6.45) is 2.29. The van der Waals surface area contributed by atoms with E-state index in [4.69, 9.17) is 5.73 Å². The number of aromatic nitrogens is 1. The third kappa shape index (κ3) is 3.22. The summed E-state index contributed by atoms with van der Waals surface area (Å²) in [4.78, 5) is 4.07. The molecule has 1 rings (SSSR count). The van der Waals surface area contributed by atoms with Gasteiger partial charge in [0.1, 0.15) is 5.82 Å². The molecular weight excluding hydrogens is 178 g/mol. The smallest absolute Gasteiger partial charge is 0.126 e. The maximum absolute atomic E-state index is 9.72. The normalized spacial score (nSPS) is 14.8. The Morgan fingerprint density at radius 1 is 1.57 bits per heavy atom. The molecule has 1 heterocycles. The van der Waals surface area contributed by atoms with Gasteiger partial charge in [0.05, 0.1) is 17.5 Å². The van der Waals surface area contributed by atoms with Crippen LogP contribution in [0.5, 0.6) is 0 Å². The van der Waals surface area contributed by atoms with Crippen molar-refractivity contribution in [1.82, 2.24) is 4.98 Å². The molecule has 1 aromatic rings. The topological polar surface area (TPSA) is 71.2 Å². The summed E-state index contributed by atoms with van der Waals surface area (Å²) in [6.45, 7) is 4.22. The van der Waals surface area contributed by atoms with E-state index in [2.05, 4.69) is 10.3 Å². The highest BCUT2D eigenvalue weighted by molar-refractivity contribution is 5.43. The molecule has 0 aliphatic carbocycles. The van der Waals surface area contributed by atoms with Crippen LogP contribution in [0, 0.1) is 0 Å². The van der Waals surface area contributed by atoms with E-state index in [1.54, 1.807) is 25.3 Å². The SMILES string of the molecule is CCC(C)(O)CNc1ccc(N)cn1. The number of rotatable bonds is 4. The Morgan fingerprint density at radius 2 is 2.29 bits per heavy atom. The monoisotopic (exact) mass is 195 g/mol. The molecule has 0 aliphatic heterocycles. The number of nitrogens with one attached hydrogen (secondary N) is 1. The maximum atomic E-state index is 9.72. The van der Waals surface area contributed by atoms with Gasteiger partial charge in [-0.15, -0.1) is 0 Å². The predicted octanol–water partition coefficient (Wildman–Crippen LogP) is 1.24. The van der Waals surface area contributed by atoms with Crippen molar-refractivity contribution in [2.24, 2.45) is 0 Å². The number of pyridine rings is 1. The average molecular weight is 195 g/mol. The molecule has 1 atom stereocenters. The fourth-order valence-electron chi connectivity index (χ4n) is 0.916. The molecule has 0 aliphatic rings. The molecule has 0 bridgehead atoms. The number of hydrogen-bond donors (Lipinski definition) is 3. The lowest BCUT2D eigenvalue weighted by atomic mass is 10.0. The van der Waals surface area contributed by atoms with Gasteiger partial charge in [-0.05, 0) is 25.5 Å². The third-order valence-corrected chi connectivity index (χ3v) is 2.20. The van der Waals surface area contributed by atoms with Gasteiger partial charge < -0.3 is 16.2 Å². The number of nitrogen functional groups attached to an aromatic ring is 1. The first-order valence-corrected chi connectivity index (χ1v) is 4.71. The number of hydrogen-bond acceptors (Lipinski definition) is 4. The van der Waals surface area contributed by atoms with E-state index in [0.717, 1.165) is 5.82 Å². The minimum absolute atomic E-state index is 0.487. The van der Waals surface area contributed by atoms with Gasteiger partial charge in [-0.3, -0.25) is 0 Å². The van der Waals surface area contributed by atoms with Gasteiger partial charge in [0, 0.05) is 6.54 Å². The van der Waals surface area contributed by atoms with Crippen molar-refractivity contribution in [2.45, 2.75) is 25.9 Å². The highest BCUT2D eigenvalue weighted by Crippen LogP contribution is 2.11. The number of nitrogens with zero attached hydrogens (tertiary/aromatic N) is 1. The second-order valence-corrected chi connectivity index (χ2v) is 3.68. The molecule has 4 N–H and O–H groups in total. The van der Waals surface area contributed by atoms with Gasteiger partial charge in [-0.1, -0.05) is 6.92 Å². The van der Waals surface area contributed by atoms with Crippen LogP contribution in [0.25, 0.3) is 0 Å². The van der Waals surface area contributed by atoms with Crippen molar-refractivity contribution in [1.29, 1.82) is 0 Å². The van der Waals surface area contributed by atoms with Crippen molar-refractivity contribution in [3.63, 3.8) is 0 Å². The predicted molar refractivity (Wildman–Crippen MR) is 58.1 cm³/mol. The van der Waals surface area contributed by atoms with E-state index in [-0.39, 0.29) is 0 Å². The molecule has 1 unspecified atom stereocenters. The lowest BCUT2D eigenvalue weighted by Crippen LogP contribution is -2.32. The molecule has 0 radical (unpaired) electrons. The van der Waals surface area contributed by atoms with Crippen molar-refractivity contribution in [3.8, 4) is 0 Å². The standard InChI is InChI=1S/C10H17N3O/c1-3-10(2,14)7-13-9-5-4-8(11)6-12-9/h4-6,14H,3,7,11H2,1-2H3,(H,12,13). The fraction of sp³-hybridized carbons (Fsp3) is 0.500. The van der Waals surface area contributed by atoms with Crippen LogP contribution in [0.4, 0.5) is 11.5 Å². The summed E-state index contributed by atoms with van der Waals surface area (Å²) in [5.74, 6) is 0.730. The molecule has 0 saturated carbocycles. The molecule has 0 spiro atoms. The highest BCUT2D eigenvalue weighted by atomic mass is 16.3. The summed E-state index contributed by atoms with van der Waals surface area (Å²) in [7, 11) is 0. The van der Waals surface area contributed by atoms with Crippen LogP contribution in [0.1, 0.15) is 20.3 Å². The Hall–Kier alpha value is -1.29. The zero-order chi connectivity index (χ0) is 10.6. The molecule has 0 amide bonds. The van der Waals surface area contributed by atoms with Crippen molar-refractivity contribution >= 4 is 11.5 Å². The van der Waals surface area contributed by atoms with Gasteiger partial charge in [-0.25, -0.2) is 4.98 Å². The zero-order valence-corrected chi connectivity index (χ0v) is 8.62. The van der Waals surface area contributed by atoms with Crippen molar-refractivity contribution in [3.05, 3.63) is 18.3 Å². The summed E-state index contributed by atoms with van der Waals surface area (Å²) >= 11 is 0. The molecule has 1 aromatic heterocycles. The summed E-state index contributed by atoms with van der Waals surface area (Å²) < 4.78 is 0. The Labute approximate surface area is 84.2 Å². The van der Waals surface area contributed by atoms with E-state index in [9.17, 15) is 5.11 Å². The van der Waals surface area contributed by atoms with Crippen LogP contribution in [0.3, 0.4) is 0 Å². The molecule has 0 saturated heterocycles. The van der Waals surface area contributed by atoms with Crippen LogP contribution < -0.4 is 11.1 Å². The quantitative estimate of drug-likeness (QED) is 0.676. The molecular formula is C10H17N3O. The molecule has 4 nitrogen and oxygen atoms in total. The summed E-state index contributed by atoms with van der Waals surface area (Å²) in [5.41, 5.74) is 5.44. The molecule has 4 heteroatoms. The lowest BCUT2D eigenvalue weighted by Gasteiger charge is -2.21. The van der Waals surface area contributed by atoms with Gasteiger partial charge in [0.15, 0.2) is 0 Å². The fourth-order valence-corrected chi connectivity index (χ4v) is 0.916. The van der Waals surface area contributed by atoms with Crippen LogP contribution >= 0.6 is 0 Å². The largest absolute Gasteiger partial charge is 0.397 e. The zero-order valence-electron chi connectivity index (χ0n) is 8.62. The van der Waals surface area contributed by atoms with Crippen LogP contribution in [-0.4, -0.2) is 22.2 Å². The minimum atomic E-state index is -0.691. The third-order valence-electron chi connectivity index (χ3n) is 2.20. The molecule has 0 fully saturated rings. The Morgan fingerprint density at radius 3 is 2.79 bits per heavy atom. The molecule has 78 valence electrons. The van der Waals surface area contributed by atoms with Crippen LogP contribution in [0.2, 0.25) is 0 Å². The van der Waals surface area contributed by atoms with Gasteiger partial charge in [0.25, 0.3) is 0 Å². The van der Waals surface area contributed by atoms with E-state index < -0.39 is 5.60 Å². The maximum Gasteiger partial charge on any atom is 0.126 e. The number of nitrogens with two attached hydrogens (primary N) is 1. The Balaban J connectivity index is 2.50. The van der Waals surface area contributed by atoms with E-state index >= 15 is 0 Å². The molecule has 14 heavy (non-hydrogen) atoms. The first kappa shape index (κ1) is 10.8. The van der Waals surface area contributed by atoms with Gasteiger partial charge in [-0.2, -0.15) is 0 Å². The summed E-state index contributed by atoms with van der Waals surface area (Å²) in [6, 6.07) is 3.57. The second kappa shape index (κ2) is 4.28. The number of aliphatic hydroxyl groups is 1. The number of anilines is 2. The van der Waals surface area contributed by atoms with Gasteiger partial charge in [0.2, 0.25) is 0 Å². The van der Waals surface area contributed by atoms with E-state index in [1.807, 2.05) is 6.92 Å². The Bertz CT molecular complexity index is 282. The second-order valence-electron chi connectivity index (χ2n) is 3.68. The van der Waals surface area contributed by atoms with Crippen molar-refractivity contribution in [2.75, 3.05) is 17.6 Å². The first-order valence-electron chi connectivity index (χ1n) is 4.71. The highest BCUT2D eigenvalue weighted by Gasteiger charge is 2.16. The first-order chi connectivity index (χ1) is 6.53. The molecule has 0 aromatic carbocycles. The van der Waals surface area contributed by atoms with Crippen LogP contribution in [-0.2, 0) is 0 Å². The van der Waals surface area contributed by atoms with Gasteiger partial charge >= 0.3 is 0 Å². The summed E-state index contributed by atoms with van der Waals surface area (Å²) in [5, 5.41) is 12.8. The van der Waals surface area contributed by atoms with E-state index in [1.165, 1.54) is 0 Å². The lowest BCUT2D eigenvalue weighted by molar-refractivity contribution is 0.0696. The van der Waals surface area contributed by atoms with Crippen molar-refractivity contribution < 1.29 is 5.11 Å². The minimum Gasteiger partial charge on any atom is -0.397 e. The van der Waals surface area contributed by atoms with E-state index in [0.29, 0.717) is 18.7 Å².